The number of ketones is 1. The second-order valence-electron chi connectivity index (χ2n) is 6.38. The van der Waals surface area contributed by atoms with E-state index in [2.05, 4.69) is 58.0 Å². The second kappa shape index (κ2) is 6.44. The Bertz CT molecular complexity index is 863. The Morgan fingerprint density at radius 3 is 2.83 bits per heavy atom. The van der Waals surface area contributed by atoms with E-state index in [4.69, 9.17) is 0 Å². The Morgan fingerprint density at radius 2 is 2.04 bits per heavy atom. The van der Waals surface area contributed by atoms with Gasteiger partial charge in [-0.2, -0.15) is 0 Å². The molecule has 0 bridgehead atoms. The number of carbonyl (C=O) groups is 1. The molecule has 0 amide bonds. The van der Waals surface area contributed by atoms with Gasteiger partial charge < -0.3 is 4.42 Å². The van der Waals surface area contributed by atoms with Gasteiger partial charge in [0.05, 0.1) is 6.20 Å². The third-order valence-corrected chi connectivity index (χ3v) is 4.98. The quantitative estimate of drug-likeness (QED) is 0.586. The van der Waals surface area contributed by atoms with Gasteiger partial charge in [0.2, 0.25) is 0 Å². The molecule has 3 nitrogen and oxygen atoms in total. The number of Topliss-reactive ketones (excluding diaryl/α,β-unsaturated/α-hetero) is 1. The zero-order valence-corrected chi connectivity index (χ0v) is 13.4. The molecule has 2 unspecified atom stereocenters. The number of rotatable bonds is 0. The van der Waals surface area contributed by atoms with E-state index in [-0.39, 0.29) is 0 Å². The average molecular weight is 317 g/mol. The number of fused-ring (bicyclic) bond motifs is 5. The molecule has 2 atom stereocenters. The minimum atomic E-state index is 0.408. The van der Waals surface area contributed by atoms with Crippen LogP contribution < -0.4 is 0 Å². The average Bonchev–Trinajstić information content (AvgIpc) is 3.21. The molecular formula is C21H19NO2. The van der Waals surface area contributed by atoms with E-state index < -0.39 is 0 Å². The van der Waals surface area contributed by atoms with Crippen LogP contribution in [0.4, 0.5) is 0 Å². The Hall–Kier alpha value is -2.68. The molecule has 0 radical (unpaired) electrons. The van der Waals surface area contributed by atoms with Crippen LogP contribution in [0, 0.1) is 5.92 Å². The highest BCUT2D eigenvalue weighted by Crippen LogP contribution is 2.44. The molecule has 3 aromatic rings. The monoisotopic (exact) mass is 317 g/mol. The fourth-order valence-electron chi connectivity index (χ4n) is 3.82. The summed E-state index contributed by atoms with van der Waals surface area (Å²) in [6.45, 7) is 0. The number of nitrogens with zero attached hydrogens (tertiary/aromatic N) is 1. The van der Waals surface area contributed by atoms with E-state index >= 15 is 0 Å². The van der Waals surface area contributed by atoms with Crippen LogP contribution in [-0.2, 0) is 4.79 Å². The molecule has 1 aromatic heterocycles. The number of aromatic nitrogens is 1. The molecule has 1 fully saturated rings. The number of benzene rings is 2. The molecule has 120 valence electrons. The fraction of sp³-hybridized carbons (Fsp3) is 0.238. The lowest BCUT2D eigenvalue weighted by Crippen LogP contribution is -2.24. The van der Waals surface area contributed by atoms with Crippen molar-refractivity contribution in [2.45, 2.75) is 25.2 Å². The number of hydrogen-bond donors (Lipinski definition) is 0. The maximum atomic E-state index is 11.8. The Balaban J connectivity index is 0.000000252. The topological polar surface area (TPSA) is 43.1 Å². The number of oxazole rings is 1. The minimum Gasteiger partial charge on any atom is -0.452 e. The lowest BCUT2D eigenvalue weighted by molar-refractivity contribution is -0.121. The molecular weight excluding hydrogens is 298 g/mol. The summed E-state index contributed by atoms with van der Waals surface area (Å²) in [6.07, 6.45) is 11.6. The van der Waals surface area contributed by atoms with Gasteiger partial charge in [-0.15, -0.1) is 0 Å². The number of carbonyl (C=O) groups excluding carboxylic acids is 1. The van der Waals surface area contributed by atoms with Crippen LogP contribution in [0.2, 0.25) is 0 Å². The van der Waals surface area contributed by atoms with E-state index in [9.17, 15) is 4.79 Å². The minimum absolute atomic E-state index is 0.408. The number of hydrogen-bond acceptors (Lipinski definition) is 3. The van der Waals surface area contributed by atoms with Crippen molar-refractivity contribution in [1.29, 1.82) is 0 Å². The Kier molecular flexibility index (Phi) is 3.99. The van der Waals surface area contributed by atoms with Crippen molar-refractivity contribution >= 4 is 22.6 Å². The van der Waals surface area contributed by atoms with Gasteiger partial charge in [-0.05, 0) is 40.2 Å². The van der Waals surface area contributed by atoms with Crippen molar-refractivity contribution in [1.82, 2.24) is 4.98 Å². The van der Waals surface area contributed by atoms with Crippen LogP contribution in [0.15, 0.2) is 65.7 Å². The van der Waals surface area contributed by atoms with Gasteiger partial charge in [0, 0.05) is 12.8 Å². The molecule has 0 spiro atoms. The standard InChI is InChI=1S/C18H16O.C3H3NO/c19-14-8-5-13-7-9-16-15-4-2-1-3-12(15)6-10-17(16)18(13)11-14;1-2-5-3-4-1/h1-4,6-7,9-10,13,18H,5,8,11H2;1-3H. The van der Waals surface area contributed by atoms with Gasteiger partial charge in [-0.3, -0.25) is 4.79 Å². The summed E-state index contributed by atoms with van der Waals surface area (Å²) in [5.74, 6) is 1.40. The summed E-state index contributed by atoms with van der Waals surface area (Å²) in [6, 6.07) is 12.9. The van der Waals surface area contributed by atoms with Crippen LogP contribution >= 0.6 is 0 Å². The molecule has 24 heavy (non-hydrogen) atoms. The van der Waals surface area contributed by atoms with E-state index in [1.54, 1.807) is 6.20 Å². The molecule has 0 aliphatic heterocycles. The normalized spacial score (nSPS) is 21.6. The maximum absolute atomic E-state index is 11.8. The van der Waals surface area contributed by atoms with Crippen molar-refractivity contribution < 1.29 is 9.21 Å². The fourth-order valence-corrected chi connectivity index (χ4v) is 3.82. The van der Waals surface area contributed by atoms with Crippen LogP contribution in [0.3, 0.4) is 0 Å². The Labute approximate surface area is 141 Å². The molecule has 1 saturated carbocycles. The van der Waals surface area contributed by atoms with Crippen LogP contribution in [0.5, 0.6) is 0 Å². The van der Waals surface area contributed by atoms with Gasteiger partial charge in [0.1, 0.15) is 12.0 Å². The summed E-state index contributed by atoms with van der Waals surface area (Å²) in [5, 5.41) is 2.60. The van der Waals surface area contributed by atoms with Crippen LogP contribution in [0.1, 0.15) is 36.3 Å². The first-order chi connectivity index (χ1) is 11.8. The third-order valence-electron chi connectivity index (χ3n) is 4.98. The van der Waals surface area contributed by atoms with Crippen molar-refractivity contribution in [3.05, 3.63) is 72.5 Å². The third kappa shape index (κ3) is 2.78. The zero-order valence-electron chi connectivity index (χ0n) is 13.4. The van der Waals surface area contributed by atoms with Gasteiger partial charge in [0.25, 0.3) is 0 Å². The van der Waals surface area contributed by atoms with E-state index in [1.807, 2.05) is 0 Å². The van der Waals surface area contributed by atoms with E-state index in [0.717, 1.165) is 19.3 Å². The summed E-state index contributed by atoms with van der Waals surface area (Å²) in [7, 11) is 0. The maximum Gasteiger partial charge on any atom is 0.180 e. The molecule has 0 N–H and O–H groups in total. The highest BCUT2D eigenvalue weighted by molar-refractivity contribution is 5.93. The summed E-state index contributed by atoms with van der Waals surface area (Å²) in [5.41, 5.74) is 2.70. The molecule has 3 heteroatoms. The predicted molar refractivity (Wildman–Crippen MR) is 94.6 cm³/mol. The first-order valence-corrected chi connectivity index (χ1v) is 8.36. The summed E-state index contributed by atoms with van der Waals surface area (Å²) < 4.78 is 4.47. The van der Waals surface area contributed by atoms with E-state index in [0.29, 0.717) is 17.6 Å². The highest BCUT2D eigenvalue weighted by Gasteiger charge is 2.32. The number of allylic oxidation sites excluding steroid dienone is 1. The summed E-state index contributed by atoms with van der Waals surface area (Å²) in [4.78, 5) is 15.3. The largest absolute Gasteiger partial charge is 0.452 e. The first kappa shape index (κ1) is 14.9. The second-order valence-corrected chi connectivity index (χ2v) is 6.38. The van der Waals surface area contributed by atoms with Gasteiger partial charge in [-0.1, -0.05) is 48.6 Å². The molecule has 5 rings (SSSR count). The van der Waals surface area contributed by atoms with Crippen molar-refractivity contribution in [2.75, 3.05) is 0 Å². The van der Waals surface area contributed by atoms with Crippen molar-refractivity contribution in [2.24, 2.45) is 5.92 Å². The molecule has 2 aliphatic rings. The lowest BCUT2D eigenvalue weighted by atomic mass is 9.70. The van der Waals surface area contributed by atoms with Crippen molar-refractivity contribution in [3.8, 4) is 0 Å². The van der Waals surface area contributed by atoms with Crippen molar-refractivity contribution in [3.63, 3.8) is 0 Å². The molecule has 0 saturated heterocycles. The van der Waals surface area contributed by atoms with E-state index in [1.165, 1.54) is 34.6 Å². The highest BCUT2D eigenvalue weighted by atomic mass is 16.3. The SMILES string of the molecule is O=C1CCC2C=Cc3c(ccc4ccccc34)C2C1.c1cocn1. The van der Waals surface area contributed by atoms with Crippen LogP contribution in [0.25, 0.3) is 16.8 Å². The van der Waals surface area contributed by atoms with Gasteiger partial charge >= 0.3 is 0 Å². The molecule has 2 aromatic carbocycles. The zero-order chi connectivity index (χ0) is 16.4. The molecule has 1 heterocycles. The predicted octanol–water partition coefficient (Wildman–Crippen LogP) is 4.99. The first-order valence-electron chi connectivity index (χ1n) is 8.36. The van der Waals surface area contributed by atoms with Gasteiger partial charge in [-0.25, -0.2) is 4.98 Å². The van der Waals surface area contributed by atoms with Gasteiger partial charge in [0.15, 0.2) is 6.39 Å². The smallest absolute Gasteiger partial charge is 0.180 e. The summed E-state index contributed by atoms with van der Waals surface area (Å²) >= 11 is 0. The molecule has 2 aliphatic carbocycles. The lowest BCUT2D eigenvalue weighted by Gasteiger charge is -2.33. The Morgan fingerprint density at radius 1 is 1.12 bits per heavy atom. The van der Waals surface area contributed by atoms with Crippen LogP contribution in [-0.4, -0.2) is 10.8 Å².